The van der Waals surface area contributed by atoms with E-state index in [-0.39, 0.29) is 17.7 Å². The van der Waals surface area contributed by atoms with Crippen LogP contribution in [0.4, 0.5) is 4.79 Å². The second-order valence-corrected chi connectivity index (χ2v) is 8.24. The summed E-state index contributed by atoms with van der Waals surface area (Å²) in [6.45, 7) is 2.99. The molecule has 1 heterocycles. The van der Waals surface area contributed by atoms with Crippen molar-refractivity contribution in [2.24, 2.45) is 0 Å². The van der Waals surface area contributed by atoms with E-state index in [2.05, 4.69) is 0 Å². The van der Waals surface area contributed by atoms with Crippen LogP contribution < -0.4 is 9.47 Å². The van der Waals surface area contributed by atoms with Crippen molar-refractivity contribution in [3.8, 4) is 11.5 Å². The minimum absolute atomic E-state index is 0.265. The quantitative estimate of drug-likeness (QED) is 0.329. The van der Waals surface area contributed by atoms with E-state index in [4.69, 9.17) is 9.47 Å². The van der Waals surface area contributed by atoms with Crippen LogP contribution in [0.1, 0.15) is 16.7 Å². The van der Waals surface area contributed by atoms with E-state index in [1.54, 1.807) is 6.08 Å². The molecule has 5 nitrogen and oxygen atoms in total. The molecule has 3 aromatic carbocycles. The number of benzene rings is 3. The summed E-state index contributed by atoms with van der Waals surface area (Å²) in [7, 11) is 0. The lowest BCUT2D eigenvalue weighted by atomic mass is 10.1. The van der Waals surface area contributed by atoms with Crippen LogP contribution >= 0.6 is 11.8 Å². The number of thioether (sulfide) groups is 1. The van der Waals surface area contributed by atoms with Crippen molar-refractivity contribution in [3.05, 3.63) is 100 Å². The second-order valence-electron chi connectivity index (χ2n) is 7.24. The van der Waals surface area contributed by atoms with Crippen LogP contribution in [-0.4, -0.2) is 29.3 Å². The first-order valence-corrected chi connectivity index (χ1v) is 11.1. The number of aryl methyl sites for hydroxylation is 1. The van der Waals surface area contributed by atoms with Gasteiger partial charge in [-0.1, -0.05) is 60.7 Å². The summed E-state index contributed by atoms with van der Waals surface area (Å²) in [6.07, 6.45) is 1.72. The molecule has 32 heavy (non-hydrogen) atoms. The third-order valence-electron chi connectivity index (χ3n) is 5.02. The molecule has 0 bridgehead atoms. The lowest BCUT2D eigenvalue weighted by Crippen LogP contribution is -2.27. The number of rotatable bonds is 8. The van der Waals surface area contributed by atoms with Crippen LogP contribution in [0, 0.1) is 6.92 Å². The maximum Gasteiger partial charge on any atom is 0.293 e. The molecule has 2 amide bonds. The highest BCUT2D eigenvalue weighted by molar-refractivity contribution is 8.18. The average molecular weight is 446 g/mol. The largest absolute Gasteiger partial charge is 0.490 e. The molecule has 0 unspecified atom stereocenters. The van der Waals surface area contributed by atoms with Gasteiger partial charge in [0, 0.05) is 5.56 Å². The van der Waals surface area contributed by atoms with Gasteiger partial charge in [0.15, 0.2) is 0 Å². The van der Waals surface area contributed by atoms with Crippen LogP contribution in [-0.2, 0) is 11.3 Å². The van der Waals surface area contributed by atoms with Crippen molar-refractivity contribution >= 4 is 29.0 Å². The van der Waals surface area contributed by atoms with Gasteiger partial charge in [-0.2, -0.15) is 0 Å². The fourth-order valence-electron chi connectivity index (χ4n) is 3.29. The van der Waals surface area contributed by atoms with Crippen molar-refractivity contribution in [2.45, 2.75) is 13.5 Å². The topological polar surface area (TPSA) is 55.8 Å². The van der Waals surface area contributed by atoms with E-state index in [0.717, 1.165) is 34.2 Å². The van der Waals surface area contributed by atoms with Gasteiger partial charge in [0.25, 0.3) is 11.1 Å². The number of para-hydroxylation sites is 2. The Kier molecular flexibility index (Phi) is 6.92. The highest BCUT2D eigenvalue weighted by atomic mass is 32.2. The number of carbonyl (C=O) groups excluding carboxylic acids is 2. The van der Waals surface area contributed by atoms with E-state index in [9.17, 15) is 9.59 Å². The van der Waals surface area contributed by atoms with E-state index in [1.165, 1.54) is 4.90 Å². The van der Waals surface area contributed by atoms with Gasteiger partial charge in [-0.3, -0.25) is 14.5 Å². The molecule has 0 aliphatic carbocycles. The highest BCUT2D eigenvalue weighted by Crippen LogP contribution is 2.35. The van der Waals surface area contributed by atoms with Gasteiger partial charge in [0.2, 0.25) is 0 Å². The van der Waals surface area contributed by atoms with Gasteiger partial charge in [-0.15, -0.1) is 0 Å². The fraction of sp³-hybridized carbons (Fsp3) is 0.154. The standard InChI is InChI=1S/C26H23NO4S/c1-19-9-5-6-11-21(19)18-27-25(28)24(32-26(27)29)17-20-10-7-8-14-23(20)31-16-15-30-22-12-3-2-4-13-22/h2-14,17H,15-16,18H2,1H3/b24-17-. The van der Waals surface area contributed by atoms with Crippen molar-refractivity contribution in [2.75, 3.05) is 13.2 Å². The highest BCUT2D eigenvalue weighted by Gasteiger charge is 2.35. The smallest absolute Gasteiger partial charge is 0.293 e. The second kappa shape index (κ2) is 10.2. The number of nitrogens with zero attached hydrogens (tertiary/aromatic N) is 1. The molecule has 0 atom stereocenters. The first-order valence-electron chi connectivity index (χ1n) is 10.3. The lowest BCUT2D eigenvalue weighted by molar-refractivity contribution is -0.123. The van der Waals surface area contributed by atoms with Crippen molar-refractivity contribution in [1.29, 1.82) is 0 Å². The Bertz CT molecular complexity index is 1140. The minimum Gasteiger partial charge on any atom is -0.490 e. The number of carbonyl (C=O) groups is 2. The predicted octanol–water partition coefficient (Wildman–Crippen LogP) is 5.69. The zero-order valence-corrected chi connectivity index (χ0v) is 18.5. The molecule has 1 fully saturated rings. The first-order chi connectivity index (χ1) is 15.6. The third-order valence-corrected chi connectivity index (χ3v) is 5.93. The number of imide groups is 1. The Balaban J connectivity index is 1.43. The van der Waals surface area contributed by atoms with Crippen LogP contribution in [0.3, 0.4) is 0 Å². The zero-order valence-electron chi connectivity index (χ0n) is 17.7. The monoisotopic (exact) mass is 445 g/mol. The van der Waals surface area contributed by atoms with Crippen molar-refractivity contribution < 1.29 is 19.1 Å². The Morgan fingerprint density at radius 2 is 1.53 bits per heavy atom. The van der Waals surface area contributed by atoms with Crippen molar-refractivity contribution in [3.63, 3.8) is 0 Å². The summed E-state index contributed by atoms with van der Waals surface area (Å²) >= 11 is 0.954. The van der Waals surface area contributed by atoms with Gasteiger partial charge < -0.3 is 9.47 Å². The molecule has 0 aromatic heterocycles. The summed E-state index contributed by atoms with van der Waals surface area (Å²) in [6, 6.07) is 24.7. The molecule has 0 radical (unpaired) electrons. The summed E-state index contributed by atoms with van der Waals surface area (Å²) in [5.41, 5.74) is 2.75. The van der Waals surface area contributed by atoms with Crippen LogP contribution in [0.25, 0.3) is 6.08 Å². The van der Waals surface area contributed by atoms with Gasteiger partial charge in [0.05, 0.1) is 11.4 Å². The fourth-order valence-corrected chi connectivity index (χ4v) is 4.12. The molecule has 0 N–H and O–H groups in total. The summed E-state index contributed by atoms with van der Waals surface area (Å²) in [4.78, 5) is 27.1. The number of hydrogen-bond acceptors (Lipinski definition) is 5. The summed E-state index contributed by atoms with van der Waals surface area (Å²) < 4.78 is 11.5. The molecule has 0 saturated carbocycles. The summed E-state index contributed by atoms with van der Waals surface area (Å²) in [5, 5.41) is -0.265. The van der Waals surface area contributed by atoms with Gasteiger partial charge in [0.1, 0.15) is 24.7 Å². The van der Waals surface area contributed by atoms with Gasteiger partial charge in [-0.05, 0) is 54.1 Å². The Morgan fingerprint density at radius 1 is 0.844 bits per heavy atom. The van der Waals surface area contributed by atoms with Crippen LogP contribution in [0.15, 0.2) is 83.8 Å². The van der Waals surface area contributed by atoms with E-state index >= 15 is 0 Å². The molecule has 3 aromatic rings. The van der Waals surface area contributed by atoms with Crippen LogP contribution in [0.5, 0.6) is 11.5 Å². The lowest BCUT2D eigenvalue weighted by Gasteiger charge is -2.14. The molecule has 4 rings (SSSR count). The minimum atomic E-state index is -0.287. The molecule has 1 saturated heterocycles. The predicted molar refractivity (Wildman–Crippen MR) is 127 cm³/mol. The molecule has 1 aliphatic rings. The average Bonchev–Trinajstić information content (AvgIpc) is 3.07. The van der Waals surface area contributed by atoms with Gasteiger partial charge in [-0.25, -0.2) is 0 Å². The Hall–Kier alpha value is -3.51. The van der Waals surface area contributed by atoms with Crippen molar-refractivity contribution in [1.82, 2.24) is 4.90 Å². The van der Waals surface area contributed by atoms with E-state index in [0.29, 0.717) is 23.9 Å². The maximum atomic E-state index is 12.9. The van der Waals surface area contributed by atoms with Gasteiger partial charge >= 0.3 is 0 Å². The molecule has 1 aliphatic heterocycles. The molecule has 0 spiro atoms. The van der Waals surface area contributed by atoms with E-state index < -0.39 is 0 Å². The first kappa shape index (κ1) is 21.7. The molecular weight excluding hydrogens is 422 g/mol. The third kappa shape index (κ3) is 5.21. The van der Waals surface area contributed by atoms with E-state index in [1.807, 2.05) is 85.8 Å². The Morgan fingerprint density at radius 3 is 2.34 bits per heavy atom. The Labute approximate surface area is 191 Å². The maximum absolute atomic E-state index is 12.9. The normalized spacial score (nSPS) is 14.8. The number of ether oxygens (including phenoxy) is 2. The number of amides is 2. The SMILES string of the molecule is Cc1ccccc1CN1C(=O)S/C(=C\c2ccccc2OCCOc2ccccc2)C1=O. The molecule has 162 valence electrons. The molecular formula is C26H23NO4S. The zero-order chi connectivity index (χ0) is 22.3. The summed E-state index contributed by atoms with van der Waals surface area (Å²) in [5.74, 6) is 1.13. The molecule has 6 heteroatoms. The van der Waals surface area contributed by atoms with Crippen LogP contribution in [0.2, 0.25) is 0 Å². The number of hydrogen-bond donors (Lipinski definition) is 0.